The summed E-state index contributed by atoms with van der Waals surface area (Å²) in [5.41, 5.74) is 0. The maximum Gasteiger partial charge on any atom is 0.247 e. The lowest BCUT2D eigenvalue weighted by atomic mass is 9.88. The molecule has 1 aromatic rings. The minimum atomic E-state index is -3.84. The van der Waals surface area contributed by atoms with E-state index in [-0.39, 0.29) is 47.6 Å². The Bertz CT molecular complexity index is 888. The van der Waals surface area contributed by atoms with Crippen LogP contribution >= 0.6 is 15.9 Å². The average molecular weight is 517 g/mol. The van der Waals surface area contributed by atoms with Crippen LogP contribution in [0.15, 0.2) is 27.6 Å². The molecular formula is C22H33BrN2O5S. The third-order valence-electron chi connectivity index (χ3n) is 6.41. The van der Waals surface area contributed by atoms with Gasteiger partial charge in [0.2, 0.25) is 15.9 Å². The Morgan fingerprint density at radius 3 is 2.65 bits per heavy atom. The molecule has 1 aliphatic heterocycles. The molecule has 3 atom stereocenters. The van der Waals surface area contributed by atoms with Crippen molar-refractivity contribution in [1.82, 2.24) is 9.21 Å². The molecule has 1 amide bonds. The predicted octanol–water partition coefficient (Wildman–Crippen LogP) is 3.26. The van der Waals surface area contributed by atoms with Gasteiger partial charge in [0.25, 0.3) is 0 Å². The van der Waals surface area contributed by atoms with Gasteiger partial charge >= 0.3 is 0 Å². The fourth-order valence-corrected chi connectivity index (χ4v) is 6.60. The van der Waals surface area contributed by atoms with Gasteiger partial charge in [-0.3, -0.25) is 4.79 Å². The number of fused-ring (bicyclic) bond motifs is 1. The van der Waals surface area contributed by atoms with Crippen LogP contribution in [0.25, 0.3) is 0 Å². The van der Waals surface area contributed by atoms with Gasteiger partial charge in [-0.25, -0.2) is 8.42 Å². The summed E-state index contributed by atoms with van der Waals surface area (Å²) in [6.45, 7) is 3.93. The highest BCUT2D eigenvalue weighted by atomic mass is 79.9. The van der Waals surface area contributed by atoms with Crippen LogP contribution in [0.4, 0.5) is 0 Å². The number of halogens is 1. The van der Waals surface area contributed by atoms with Gasteiger partial charge < -0.3 is 14.7 Å². The topological polar surface area (TPSA) is 87.2 Å². The monoisotopic (exact) mass is 516 g/mol. The lowest BCUT2D eigenvalue weighted by Gasteiger charge is -2.38. The third-order valence-corrected chi connectivity index (χ3v) is 8.93. The number of hydrogen-bond acceptors (Lipinski definition) is 5. The molecular weight excluding hydrogens is 484 g/mol. The number of rotatable bonds is 5. The first-order valence-electron chi connectivity index (χ1n) is 11.0. The summed E-state index contributed by atoms with van der Waals surface area (Å²) in [6.07, 6.45) is 4.85. The van der Waals surface area contributed by atoms with Gasteiger partial charge in [0.15, 0.2) is 0 Å². The van der Waals surface area contributed by atoms with Gasteiger partial charge in [0, 0.05) is 35.9 Å². The van der Waals surface area contributed by atoms with E-state index in [2.05, 4.69) is 15.9 Å². The lowest BCUT2D eigenvalue weighted by molar-refractivity contribution is -0.136. The fraction of sp³-hybridized carbons (Fsp3) is 0.682. The van der Waals surface area contributed by atoms with E-state index >= 15 is 0 Å². The number of hydrogen-bond donors (Lipinski definition) is 1. The first-order chi connectivity index (χ1) is 14.6. The second-order valence-electron chi connectivity index (χ2n) is 8.88. The normalized spacial score (nSPS) is 25.6. The highest BCUT2D eigenvalue weighted by Gasteiger charge is 2.38. The Labute approximate surface area is 193 Å². The van der Waals surface area contributed by atoms with Gasteiger partial charge in [-0.1, -0.05) is 42.1 Å². The summed E-state index contributed by atoms with van der Waals surface area (Å²) in [6, 6.07) is 4.28. The molecule has 9 heteroatoms. The van der Waals surface area contributed by atoms with Crippen molar-refractivity contribution in [3.05, 3.63) is 22.7 Å². The molecule has 0 bridgehead atoms. The van der Waals surface area contributed by atoms with E-state index in [0.717, 1.165) is 25.7 Å². The van der Waals surface area contributed by atoms with Crippen molar-refractivity contribution in [1.29, 1.82) is 0 Å². The van der Waals surface area contributed by atoms with Crippen LogP contribution in [0.3, 0.4) is 0 Å². The molecule has 1 N–H and O–H groups in total. The second kappa shape index (κ2) is 10.2. The summed E-state index contributed by atoms with van der Waals surface area (Å²) in [5.74, 6) is 0.285. The molecule has 1 fully saturated rings. The zero-order valence-corrected chi connectivity index (χ0v) is 20.9. The van der Waals surface area contributed by atoms with Crippen LogP contribution in [0.2, 0.25) is 0 Å². The summed E-state index contributed by atoms with van der Waals surface area (Å²) in [5, 5.41) is 9.69. The Morgan fingerprint density at radius 2 is 2.00 bits per heavy atom. The van der Waals surface area contributed by atoms with Crippen molar-refractivity contribution in [2.75, 3.05) is 26.7 Å². The van der Waals surface area contributed by atoms with Crippen LogP contribution in [0, 0.1) is 11.8 Å². The van der Waals surface area contributed by atoms with Gasteiger partial charge in [-0.05, 0) is 38.0 Å². The molecule has 0 spiro atoms. The minimum Gasteiger partial charge on any atom is -0.487 e. The Hall–Kier alpha value is -1.16. The van der Waals surface area contributed by atoms with E-state index in [1.54, 1.807) is 31.0 Å². The number of benzene rings is 1. The highest BCUT2D eigenvalue weighted by Crippen LogP contribution is 2.35. The van der Waals surface area contributed by atoms with Crippen molar-refractivity contribution in [3.63, 3.8) is 0 Å². The molecule has 174 valence electrons. The van der Waals surface area contributed by atoms with Gasteiger partial charge in [0.05, 0.1) is 13.2 Å². The maximum atomic E-state index is 13.3. The number of ether oxygens (including phenoxy) is 1. The van der Waals surface area contributed by atoms with Crippen molar-refractivity contribution in [2.45, 2.75) is 63.0 Å². The number of aliphatic hydroxyl groups excluding tert-OH is 1. The van der Waals surface area contributed by atoms with Crippen LogP contribution in [0.5, 0.6) is 5.75 Å². The van der Waals surface area contributed by atoms with Gasteiger partial charge in [0.1, 0.15) is 16.7 Å². The molecule has 1 aromatic carbocycles. The summed E-state index contributed by atoms with van der Waals surface area (Å²) < 4.78 is 35.0. The average Bonchev–Trinajstić information content (AvgIpc) is 2.75. The Balaban J connectivity index is 1.91. The van der Waals surface area contributed by atoms with Crippen LogP contribution < -0.4 is 4.74 Å². The maximum absolute atomic E-state index is 13.3. The van der Waals surface area contributed by atoms with Crippen molar-refractivity contribution < 1.29 is 23.1 Å². The standard InChI is InChI=1S/C22H33BrN2O5S/c1-15-12-25(16(2)14-26)31(28,29)21-10-9-18(23)11-19(21)30-20(15)13-24(3)22(27)17-7-5-4-6-8-17/h9-11,15-17,20,26H,4-8,12-14H2,1-3H3/t15-,16+,20+/m0/s1. The Morgan fingerprint density at radius 1 is 1.32 bits per heavy atom. The molecule has 1 saturated carbocycles. The van der Waals surface area contributed by atoms with E-state index in [4.69, 9.17) is 4.74 Å². The van der Waals surface area contributed by atoms with E-state index in [0.29, 0.717) is 11.0 Å². The van der Waals surface area contributed by atoms with Gasteiger partial charge in [-0.15, -0.1) is 0 Å². The number of sulfonamides is 1. The molecule has 31 heavy (non-hydrogen) atoms. The molecule has 0 saturated heterocycles. The third kappa shape index (κ3) is 5.43. The zero-order valence-electron chi connectivity index (χ0n) is 18.5. The number of likely N-dealkylation sites (N-methyl/N-ethyl adjacent to an activating group) is 1. The molecule has 0 aromatic heterocycles. The largest absolute Gasteiger partial charge is 0.487 e. The smallest absolute Gasteiger partial charge is 0.247 e. The van der Waals surface area contributed by atoms with Crippen LogP contribution in [-0.2, 0) is 14.8 Å². The first-order valence-corrected chi connectivity index (χ1v) is 13.2. The van der Waals surface area contributed by atoms with Crippen molar-refractivity contribution in [2.24, 2.45) is 11.8 Å². The molecule has 3 rings (SSSR count). The number of carbonyl (C=O) groups excluding carboxylic acids is 1. The second-order valence-corrected chi connectivity index (χ2v) is 11.7. The summed E-state index contributed by atoms with van der Waals surface area (Å²) in [4.78, 5) is 14.8. The number of amides is 1. The summed E-state index contributed by atoms with van der Waals surface area (Å²) >= 11 is 3.40. The SMILES string of the molecule is C[C@H](CO)N1C[C@H](C)[C@@H](CN(C)C(=O)C2CCCCC2)Oc2cc(Br)ccc2S1(=O)=O. The number of carbonyl (C=O) groups is 1. The molecule has 1 aliphatic carbocycles. The molecule has 2 aliphatic rings. The number of aliphatic hydroxyl groups is 1. The number of nitrogens with zero attached hydrogens (tertiary/aromatic N) is 2. The molecule has 1 heterocycles. The first kappa shape index (κ1) is 24.5. The van der Waals surface area contributed by atoms with Crippen LogP contribution in [-0.4, -0.2) is 67.5 Å². The van der Waals surface area contributed by atoms with E-state index < -0.39 is 16.1 Å². The summed E-state index contributed by atoms with van der Waals surface area (Å²) in [7, 11) is -2.04. The Kier molecular flexibility index (Phi) is 8.05. The fourth-order valence-electron chi connectivity index (χ4n) is 4.44. The highest BCUT2D eigenvalue weighted by molar-refractivity contribution is 9.10. The van der Waals surface area contributed by atoms with Crippen molar-refractivity contribution in [3.8, 4) is 5.75 Å². The zero-order chi connectivity index (χ0) is 22.8. The van der Waals surface area contributed by atoms with Gasteiger partial charge in [-0.2, -0.15) is 4.31 Å². The molecule has 0 radical (unpaired) electrons. The minimum absolute atomic E-state index is 0.0651. The van der Waals surface area contributed by atoms with E-state index in [9.17, 15) is 18.3 Å². The van der Waals surface area contributed by atoms with Crippen LogP contribution in [0.1, 0.15) is 46.0 Å². The lowest BCUT2D eigenvalue weighted by Crippen LogP contribution is -2.50. The predicted molar refractivity (Wildman–Crippen MR) is 122 cm³/mol. The molecule has 0 unspecified atom stereocenters. The quantitative estimate of drug-likeness (QED) is 0.648. The van der Waals surface area contributed by atoms with Crippen molar-refractivity contribution >= 4 is 31.9 Å². The molecule has 7 nitrogen and oxygen atoms in total. The van der Waals surface area contributed by atoms with E-state index in [1.807, 2.05) is 6.92 Å². The van der Waals surface area contributed by atoms with E-state index in [1.165, 1.54) is 16.8 Å².